The molecule has 3 aromatic rings. The molecule has 10 nitrogen and oxygen atoms in total. The van der Waals surface area contributed by atoms with E-state index in [9.17, 15) is 19.7 Å². The Balaban J connectivity index is 1.81. The van der Waals surface area contributed by atoms with Crippen molar-refractivity contribution in [2.45, 2.75) is 6.54 Å². The lowest BCUT2D eigenvalue weighted by Gasteiger charge is -2.08. The standard InChI is InChI=1S/C15H12N6O4/c22-14(17-11-4-1-2-5-12(11)21(24)25)10-20-15(23)7-6-13(18-20)19-9-3-8-16-19/h1-9H,10H2,(H,17,22). The molecule has 0 bridgehead atoms. The van der Waals surface area contributed by atoms with E-state index in [1.54, 1.807) is 24.5 Å². The molecule has 2 aromatic heterocycles. The zero-order valence-electron chi connectivity index (χ0n) is 12.8. The lowest BCUT2D eigenvalue weighted by Crippen LogP contribution is -2.30. The second-order valence-corrected chi connectivity index (χ2v) is 4.96. The van der Waals surface area contributed by atoms with Gasteiger partial charge in [-0.2, -0.15) is 5.10 Å². The minimum Gasteiger partial charge on any atom is -0.319 e. The maximum absolute atomic E-state index is 12.2. The van der Waals surface area contributed by atoms with Gasteiger partial charge in [-0.1, -0.05) is 12.1 Å². The number of carbonyl (C=O) groups excluding carboxylic acids is 1. The maximum atomic E-state index is 12.2. The first kappa shape index (κ1) is 16.1. The summed E-state index contributed by atoms with van der Waals surface area (Å²) in [6.45, 7) is -0.389. The molecule has 0 aliphatic heterocycles. The van der Waals surface area contributed by atoms with Crippen LogP contribution in [0.3, 0.4) is 0 Å². The summed E-state index contributed by atoms with van der Waals surface area (Å²) in [5, 5.41) is 21.5. The molecule has 1 N–H and O–H groups in total. The van der Waals surface area contributed by atoms with Crippen molar-refractivity contribution in [3.05, 3.63) is 75.3 Å². The molecule has 126 valence electrons. The minimum absolute atomic E-state index is 0.0498. The number of nitrogens with one attached hydrogen (secondary N) is 1. The van der Waals surface area contributed by atoms with Crippen LogP contribution in [0.1, 0.15) is 0 Å². The normalized spacial score (nSPS) is 10.4. The fourth-order valence-corrected chi connectivity index (χ4v) is 2.14. The van der Waals surface area contributed by atoms with Crippen LogP contribution in [0.15, 0.2) is 59.7 Å². The number of nitrogens with zero attached hydrogens (tertiary/aromatic N) is 5. The summed E-state index contributed by atoms with van der Waals surface area (Å²) in [4.78, 5) is 34.4. The second kappa shape index (κ2) is 6.74. The highest BCUT2D eigenvalue weighted by atomic mass is 16.6. The third-order valence-corrected chi connectivity index (χ3v) is 3.26. The van der Waals surface area contributed by atoms with Gasteiger partial charge in [-0.05, 0) is 18.2 Å². The van der Waals surface area contributed by atoms with Crippen molar-refractivity contribution in [1.29, 1.82) is 0 Å². The van der Waals surface area contributed by atoms with Crippen molar-refractivity contribution >= 4 is 17.3 Å². The molecular formula is C15H12N6O4. The van der Waals surface area contributed by atoms with E-state index >= 15 is 0 Å². The Hall–Kier alpha value is -3.82. The average molecular weight is 340 g/mol. The van der Waals surface area contributed by atoms with Gasteiger partial charge >= 0.3 is 0 Å². The number of amides is 1. The summed E-state index contributed by atoms with van der Waals surface area (Å²) in [6.07, 6.45) is 3.20. The summed E-state index contributed by atoms with van der Waals surface area (Å²) in [5.41, 5.74) is -0.663. The van der Waals surface area contributed by atoms with Gasteiger partial charge in [0.2, 0.25) is 5.91 Å². The quantitative estimate of drug-likeness (QED) is 0.545. The molecule has 1 aromatic carbocycles. The monoisotopic (exact) mass is 340 g/mol. The number of nitro benzene ring substituents is 1. The van der Waals surface area contributed by atoms with Gasteiger partial charge in [-0.3, -0.25) is 19.7 Å². The number of anilines is 1. The Morgan fingerprint density at radius 2 is 2.00 bits per heavy atom. The molecule has 0 aliphatic rings. The first-order valence-corrected chi connectivity index (χ1v) is 7.16. The van der Waals surface area contributed by atoms with Crippen LogP contribution >= 0.6 is 0 Å². The number of hydrogen-bond donors (Lipinski definition) is 1. The zero-order valence-corrected chi connectivity index (χ0v) is 12.8. The van der Waals surface area contributed by atoms with Crippen LogP contribution in [0.4, 0.5) is 11.4 Å². The number of aromatic nitrogens is 4. The van der Waals surface area contributed by atoms with E-state index in [0.717, 1.165) is 4.68 Å². The van der Waals surface area contributed by atoms with E-state index in [-0.39, 0.29) is 17.9 Å². The fraction of sp³-hybridized carbons (Fsp3) is 0.0667. The largest absolute Gasteiger partial charge is 0.319 e. The second-order valence-electron chi connectivity index (χ2n) is 4.96. The Morgan fingerprint density at radius 3 is 2.72 bits per heavy atom. The predicted octanol–water partition coefficient (Wildman–Crippen LogP) is 0.976. The number of hydrogen-bond acceptors (Lipinski definition) is 6. The van der Waals surface area contributed by atoms with E-state index in [1.807, 2.05) is 0 Å². The van der Waals surface area contributed by atoms with Crippen molar-refractivity contribution < 1.29 is 9.72 Å². The minimum atomic E-state index is -0.610. The third kappa shape index (κ3) is 3.58. The van der Waals surface area contributed by atoms with E-state index in [0.29, 0.717) is 5.82 Å². The van der Waals surface area contributed by atoms with Gasteiger partial charge in [0.25, 0.3) is 11.2 Å². The number of para-hydroxylation sites is 2. The van der Waals surface area contributed by atoms with Gasteiger partial charge in [-0.15, -0.1) is 5.10 Å². The van der Waals surface area contributed by atoms with Crippen LogP contribution in [-0.2, 0) is 11.3 Å². The molecule has 0 saturated heterocycles. The van der Waals surface area contributed by atoms with Gasteiger partial charge in [0.15, 0.2) is 5.82 Å². The molecular weight excluding hydrogens is 328 g/mol. The number of benzene rings is 1. The van der Waals surface area contributed by atoms with Crippen LogP contribution in [0, 0.1) is 10.1 Å². The average Bonchev–Trinajstić information content (AvgIpc) is 3.11. The molecule has 0 unspecified atom stereocenters. The Kier molecular flexibility index (Phi) is 4.33. The molecule has 10 heteroatoms. The molecule has 25 heavy (non-hydrogen) atoms. The van der Waals surface area contributed by atoms with Crippen LogP contribution in [-0.4, -0.2) is 30.4 Å². The SMILES string of the molecule is O=C(Cn1nc(-n2cccn2)ccc1=O)Nc1ccccc1[N+](=O)[O-]. The fourth-order valence-electron chi connectivity index (χ4n) is 2.14. The van der Waals surface area contributed by atoms with Crippen molar-refractivity contribution in [2.75, 3.05) is 5.32 Å². The van der Waals surface area contributed by atoms with Gasteiger partial charge in [0, 0.05) is 24.5 Å². The van der Waals surface area contributed by atoms with Gasteiger partial charge in [-0.25, -0.2) is 9.36 Å². The van der Waals surface area contributed by atoms with Gasteiger partial charge in [0.1, 0.15) is 12.2 Å². The van der Waals surface area contributed by atoms with Crippen molar-refractivity contribution in [3.63, 3.8) is 0 Å². The molecule has 0 saturated carbocycles. The van der Waals surface area contributed by atoms with Crippen molar-refractivity contribution in [1.82, 2.24) is 19.6 Å². The smallest absolute Gasteiger partial charge is 0.292 e. The lowest BCUT2D eigenvalue weighted by molar-refractivity contribution is -0.383. The summed E-state index contributed by atoms with van der Waals surface area (Å²) < 4.78 is 2.40. The van der Waals surface area contributed by atoms with E-state index in [1.165, 1.54) is 35.0 Å². The Morgan fingerprint density at radius 1 is 1.20 bits per heavy atom. The molecule has 0 fully saturated rings. The van der Waals surface area contributed by atoms with Crippen LogP contribution in [0.2, 0.25) is 0 Å². The number of carbonyl (C=O) groups is 1. The summed E-state index contributed by atoms with van der Waals surface area (Å²) in [6, 6.07) is 10.2. The maximum Gasteiger partial charge on any atom is 0.292 e. The van der Waals surface area contributed by atoms with Gasteiger partial charge in [0.05, 0.1) is 4.92 Å². The molecule has 3 rings (SSSR count). The van der Waals surface area contributed by atoms with Crippen LogP contribution < -0.4 is 10.9 Å². The first-order chi connectivity index (χ1) is 12.0. The Bertz CT molecular complexity index is 980. The van der Waals surface area contributed by atoms with E-state index in [4.69, 9.17) is 0 Å². The lowest BCUT2D eigenvalue weighted by atomic mass is 10.2. The predicted molar refractivity (Wildman–Crippen MR) is 87.3 cm³/mol. The number of nitro groups is 1. The summed E-state index contributed by atoms with van der Waals surface area (Å²) in [7, 11) is 0. The van der Waals surface area contributed by atoms with Gasteiger partial charge < -0.3 is 5.32 Å². The van der Waals surface area contributed by atoms with Crippen LogP contribution in [0.5, 0.6) is 0 Å². The topological polar surface area (TPSA) is 125 Å². The first-order valence-electron chi connectivity index (χ1n) is 7.16. The number of rotatable bonds is 5. The third-order valence-electron chi connectivity index (χ3n) is 3.26. The van der Waals surface area contributed by atoms with Crippen LogP contribution in [0.25, 0.3) is 5.82 Å². The highest BCUT2D eigenvalue weighted by Gasteiger charge is 2.15. The Labute approximate surface area is 140 Å². The molecule has 0 aliphatic carbocycles. The summed E-state index contributed by atoms with van der Waals surface area (Å²) in [5.74, 6) is -0.246. The molecule has 0 atom stereocenters. The van der Waals surface area contributed by atoms with E-state index in [2.05, 4.69) is 15.5 Å². The molecule has 1 amide bonds. The van der Waals surface area contributed by atoms with Crippen molar-refractivity contribution in [3.8, 4) is 5.82 Å². The highest BCUT2D eigenvalue weighted by Crippen LogP contribution is 2.22. The summed E-state index contributed by atoms with van der Waals surface area (Å²) >= 11 is 0. The highest BCUT2D eigenvalue weighted by molar-refractivity contribution is 5.92. The molecule has 0 spiro atoms. The zero-order chi connectivity index (χ0) is 17.8. The van der Waals surface area contributed by atoms with Crippen molar-refractivity contribution in [2.24, 2.45) is 0 Å². The van der Waals surface area contributed by atoms with E-state index < -0.39 is 16.4 Å². The molecule has 0 radical (unpaired) electrons. The molecule has 2 heterocycles.